The van der Waals surface area contributed by atoms with Crippen molar-refractivity contribution in [1.29, 1.82) is 0 Å². The van der Waals surface area contributed by atoms with Crippen molar-refractivity contribution < 1.29 is 9.47 Å². The summed E-state index contributed by atoms with van der Waals surface area (Å²) in [5.74, 6) is 1.71. The molecule has 0 aliphatic heterocycles. The molecule has 0 unspecified atom stereocenters. The molecule has 0 fully saturated rings. The molecule has 126 valence electrons. The van der Waals surface area contributed by atoms with Gasteiger partial charge in [0.2, 0.25) is 0 Å². The van der Waals surface area contributed by atoms with Crippen LogP contribution in [0.4, 0.5) is 0 Å². The Morgan fingerprint density at radius 1 is 0.625 bits per heavy atom. The molecule has 0 saturated carbocycles. The lowest BCUT2D eigenvalue weighted by Crippen LogP contribution is -2.05. The number of nitrogens with zero attached hydrogens (tertiary/aromatic N) is 2. The third kappa shape index (κ3) is 6.24. The Balaban J connectivity index is 1.89. The summed E-state index contributed by atoms with van der Waals surface area (Å²) in [6.45, 7) is 8.02. The summed E-state index contributed by atoms with van der Waals surface area (Å²) in [5.41, 5.74) is 1.95. The minimum atomic E-state index is 0.173. The molecule has 4 heteroatoms. The molecule has 2 rings (SSSR count). The zero-order chi connectivity index (χ0) is 17.4. The quantitative estimate of drug-likeness (QED) is 0.546. The summed E-state index contributed by atoms with van der Waals surface area (Å²) in [7, 11) is 0. The van der Waals surface area contributed by atoms with E-state index >= 15 is 0 Å². The summed E-state index contributed by atoms with van der Waals surface area (Å²) < 4.78 is 11.2. The van der Waals surface area contributed by atoms with Gasteiger partial charge in [-0.3, -0.25) is 0 Å². The first-order valence-electron chi connectivity index (χ1n) is 8.13. The lowest BCUT2D eigenvalue weighted by atomic mass is 10.2. The number of rotatable bonds is 7. The highest BCUT2D eigenvalue weighted by molar-refractivity contribution is 5.82. The summed E-state index contributed by atoms with van der Waals surface area (Å²) in [6.07, 6.45) is 3.77. The van der Waals surface area contributed by atoms with Crippen LogP contribution in [0.3, 0.4) is 0 Å². The van der Waals surface area contributed by atoms with Crippen molar-refractivity contribution in [2.45, 2.75) is 39.9 Å². The van der Waals surface area contributed by atoms with E-state index in [9.17, 15) is 0 Å². The summed E-state index contributed by atoms with van der Waals surface area (Å²) in [4.78, 5) is 0. The van der Waals surface area contributed by atoms with Crippen LogP contribution in [-0.2, 0) is 0 Å². The van der Waals surface area contributed by atoms with E-state index in [0.29, 0.717) is 0 Å². The van der Waals surface area contributed by atoms with Crippen molar-refractivity contribution >= 4 is 12.4 Å². The van der Waals surface area contributed by atoms with Crippen molar-refractivity contribution in [2.24, 2.45) is 10.2 Å². The Labute approximate surface area is 143 Å². The van der Waals surface area contributed by atoms with Crippen LogP contribution < -0.4 is 9.47 Å². The molecule has 4 nitrogen and oxygen atoms in total. The van der Waals surface area contributed by atoms with Crippen molar-refractivity contribution in [2.75, 3.05) is 0 Å². The van der Waals surface area contributed by atoms with Gasteiger partial charge in [0.05, 0.1) is 24.6 Å². The molecule has 0 spiro atoms. The van der Waals surface area contributed by atoms with E-state index in [1.165, 1.54) is 0 Å². The van der Waals surface area contributed by atoms with E-state index < -0.39 is 0 Å². The predicted octanol–water partition coefficient (Wildman–Crippen LogP) is 4.71. The van der Waals surface area contributed by atoms with Crippen LogP contribution >= 0.6 is 0 Å². The third-order valence-corrected chi connectivity index (χ3v) is 2.98. The standard InChI is InChI=1S/C20H24N2O2/c1-15(2)23-19-9-5-17(6-10-19)13-21-22-14-18-7-11-20(12-8-18)24-16(3)4/h5-16H,1-4H3/b21-13+,22-14+. The molecule has 0 heterocycles. The minimum Gasteiger partial charge on any atom is -0.491 e. The summed E-state index contributed by atoms with van der Waals surface area (Å²) in [6, 6.07) is 15.5. The Hall–Kier alpha value is -2.62. The van der Waals surface area contributed by atoms with Gasteiger partial charge in [0, 0.05) is 0 Å². The average molecular weight is 324 g/mol. The van der Waals surface area contributed by atoms with Crippen molar-refractivity contribution in [3.8, 4) is 11.5 Å². The largest absolute Gasteiger partial charge is 0.491 e. The van der Waals surface area contributed by atoms with Gasteiger partial charge in [0.1, 0.15) is 11.5 Å². The normalized spacial score (nSPS) is 11.8. The van der Waals surface area contributed by atoms with Gasteiger partial charge >= 0.3 is 0 Å². The van der Waals surface area contributed by atoms with Crippen molar-refractivity contribution in [3.63, 3.8) is 0 Å². The number of hydrogen-bond acceptors (Lipinski definition) is 4. The van der Waals surface area contributed by atoms with Gasteiger partial charge < -0.3 is 9.47 Å². The van der Waals surface area contributed by atoms with Gasteiger partial charge in [-0.1, -0.05) is 0 Å². The average Bonchev–Trinajstić information content (AvgIpc) is 2.53. The Kier molecular flexibility index (Phi) is 6.55. The first-order chi connectivity index (χ1) is 11.5. The van der Waals surface area contributed by atoms with E-state index in [2.05, 4.69) is 10.2 Å². The topological polar surface area (TPSA) is 43.2 Å². The molecule has 0 bridgehead atoms. The fraction of sp³-hybridized carbons (Fsp3) is 0.300. The second-order valence-corrected chi connectivity index (χ2v) is 5.96. The van der Waals surface area contributed by atoms with Gasteiger partial charge in [0.25, 0.3) is 0 Å². The lowest BCUT2D eigenvalue weighted by Gasteiger charge is -2.09. The molecule has 0 radical (unpaired) electrons. The lowest BCUT2D eigenvalue weighted by molar-refractivity contribution is 0.242. The molecule has 2 aromatic rings. The first-order valence-corrected chi connectivity index (χ1v) is 8.13. The van der Waals surface area contributed by atoms with Crippen molar-refractivity contribution in [1.82, 2.24) is 0 Å². The minimum absolute atomic E-state index is 0.173. The second-order valence-electron chi connectivity index (χ2n) is 5.96. The maximum atomic E-state index is 5.60. The van der Waals surface area contributed by atoms with Crippen LogP contribution in [0.5, 0.6) is 11.5 Å². The molecule has 0 aromatic heterocycles. The molecule has 0 atom stereocenters. The van der Waals surface area contributed by atoms with Crippen LogP contribution in [0.1, 0.15) is 38.8 Å². The second kappa shape index (κ2) is 8.87. The van der Waals surface area contributed by atoms with Gasteiger partial charge in [0.15, 0.2) is 0 Å². The Morgan fingerprint density at radius 3 is 1.25 bits per heavy atom. The van der Waals surface area contributed by atoms with Crippen LogP contribution in [-0.4, -0.2) is 24.6 Å². The molecule has 0 saturated heterocycles. The number of hydrogen-bond donors (Lipinski definition) is 0. The highest BCUT2D eigenvalue weighted by atomic mass is 16.5. The van der Waals surface area contributed by atoms with Gasteiger partial charge in [-0.2, -0.15) is 10.2 Å². The van der Waals surface area contributed by atoms with Gasteiger partial charge in [-0.15, -0.1) is 0 Å². The molecule has 24 heavy (non-hydrogen) atoms. The summed E-state index contributed by atoms with van der Waals surface area (Å²) >= 11 is 0. The molecule has 0 amide bonds. The first kappa shape index (κ1) is 17.7. The van der Waals surface area contributed by atoms with E-state index in [1.54, 1.807) is 12.4 Å². The van der Waals surface area contributed by atoms with Crippen LogP contribution in [0.25, 0.3) is 0 Å². The van der Waals surface area contributed by atoms with E-state index in [0.717, 1.165) is 22.6 Å². The number of benzene rings is 2. The molecule has 0 aliphatic rings. The molecule has 2 aromatic carbocycles. The van der Waals surface area contributed by atoms with Gasteiger partial charge in [-0.05, 0) is 87.4 Å². The number of ether oxygens (including phenoxy) is 2. The SMILES string of the molecule is CC(C)Oc1ccc(/C=N/N=C/c2ccc(OC(C)C)cc2)cc1. The smallest absolute Gasteiger partial charge is 0.119 e. The fourth-order valence-corrected chi connectivity index (χ4v) is 2.01. The highest BCUT2D eigenvalue weighted by Gasteiger charge is 1.97. The van der Waals surface area contributed by atoms with E-state index in [4.69, 9.17) is 9.47 Å². The van der Waals surface area contributed by atoms with Crippen molar-refractivity contribution in [3.05, 3.63) is 59.7 Å². The Bertz CT molecular complexity index is 610. The van der Waals surface area contributed by atoms with Gasteiger partial charge in [-0.25, -0.2) is 0 Å². The third-order valence-electron chi connectivity index (χ3n) is 2.98. The molecular weight excluding hydrogens is 300 g/mol. The van der Waals surface area contributed by atoms with E-state index in [-0.39, 0.29) is 12.2 Å². The Morgan fingerprint density at radius 2 is 0.958 bits per heavy atom. The zero-order valence-corrected chi connectivity index (χ0v) is 14.6. The fourth-order valence-electron chi connectivity index (χ4n) is 2.01. The monoisotopic (exact) mass is 324 g/mol. The maximum absolute atomic E-state index is 5.60. The van der Waals surface area contributed by atoms with Crippen LogP contribution in [0, 0.1) is 0 Å². The maximum Gasteiger partial charge on any atom is 0.119 e. The van der Waals surface area contributed by atoms with Crippen LogP contribution in [0.15, 0.2) is 58.7 Å². The van der Waals surface area contributed by atoms with Crippen LogP contribution in [0.2, 0.25) is 0 Å². The molecular formula is C20H24N2O2. The highest BCUT2D eigenvalue weighted by Crippen LogP contribution is 2.14. The summed E-state index contributed by atoms with van der Waals surface area (Å²) in [5, 5.41) is 8.14. The molecule has 0 aliphatic carbocycles. The zero-order valence-electron chi connectivity index (χ0n) is 14.6. The predicted molar refractivity (Wildman–Crippen MR) is 99.6 cm³/mol. The van der Waals surface area contributed by atoms with E-state index in [1.807, 2.05) is 76.2 Å². The molecule has 0 N–H and O–H groups in total.